The molecule has 0 bridgehead atoms. The van der Waals surface area contributed by atoms with E-state index in [0.717, 1.165) is 10.9 Å². The summed E-state index contributed by atoms with van der Waals surface area (Å²) in [5, 5.41) is 1.02. The standard InChI is InChI=1S/C13H14ClNO3S/c14-19(16,17)8-4-3-7-18-12-9-11-5-1-2-6-13(11)15-10-12/h1-2,5-6,9-10H,3-4,7-8H2. The molecule has 1 aromatic heterocycles. The Morgan fingerprint density at radius 3 is 2.79 bits per heavy atom. The molecule has 1 heterocycles. The summed E-state index contributed by atoms with van der Waals surface area (Å²) < 4.78 is 27.0. The third-order valence-corrected chi connectivity index (χ3v) is 3.86. The normalized spacial score (nSPS) is 11.6. The predicted molar refractivity (Wildman–Crippen MR) is 76.1 cm³/mol. The number of nitrogens with zero attached hydrogens (tertiary/aromatic N) is 1. The molecule has 0 atom stereocenters. The minimum absolute atomic E-state index is 0.0200. The van der Waals surface area contributed by atoms with Crippen molar-refractivity contribution >= 4 is 30.6 Å². The largest absolute Gasteiger partial charge is 0.492 e. The van der Waals surface area contributed by atoms with Crippen LogP contribution in [0.5, 0.6) is 5.75 Å². The zero-order valence-corrected chi connectivity index (χ0v) is 11.8. The second-order valence-corrected chi connectivity index (χ2v) is 7.06. The number of pyridine rings is 1. The van der Waals surface area contributed by atoms with Crippen molar-refractivity contribution < 1.29 is 13.2 Å². The number of unbranched alkanes of at least 4 members (excludes halogenated alkanes) is 1. The number of ether oxygens (including phenoxy) is 1. The quantitative estimate of drug-likeness (QED) is 0.608. The maximum absolute atomic E-state index is 10.7. The molecule has 0 aliphatic carbocycles. The molecular weight excluding hydrogens is 286 g/mol. The molecule has 0 saturated carbocycles. The Hall–Kier alpha value is -1.33. The van der Waals surface area contributed by atoms with Crippen molar-refractivity contribution in [3.05, 3.63) is 36.5 Å². The number of hydrogen-bond donors (Lipinski definition) is 0. The molecule has 0 radical (unpaired) electrons. The van der Waals surface area contributed by atoms with Crippen molar-refractivity contribution in [2.24, 2.45) is 0 Å². The Kier molecular flexibility index (Phi) is 4.61. The van der Waals surface area contributed by atoms with Crippen molar-refractivity contribution in [1.29, 1.82) is 0 Å². The average Bonchev–Trinajstić information content (AvgIpc) is 2.37. The Labute approximate surface area is 116 Å². The van der Waals surface area contributed by atoms with Gasteiger partial charge in [0.2, 0.25) is 9.05 Å². The lowest BCUT2D eigenvalue weighted by atomic mass is 10.2. The predicted octanol–water partition coefficient (Wildman–Crippen LogP) is 2.96. The second-order valence-electron chi connectivity index (χ2n) is 4.16. The van der Waals surface area contributed by atoms with Gasteiger partial charge in [-0.05, 0) is 25.0 Å². The third-order valence-electron chi connectivity index (χ3n) is 2.62. The molecular formula is C13H14ClNO3S. The van der Waals surface area contributed by atoms with Gasteiger partial charge in [-0.1, -0.05) is 18.2 Å². The number of fused-ring (bicyclic) bond motifs is 1. The Morgan fingerprint density at radius 2 is 2.00 bits per heavy atom. The van der Waals surface area contributed by atoms with Crippen molar-refractivity contribution in [3.8, 4) is 5.75 Å². The Balaban J connectivity index is 1.85. The highest BCUT2D eigenvalue weighted by molar-refractivity contribution is 8.13. The van der Waals surface area contributed by atoms with Gasteiger partial charge in [0, 0.05) is 16.1 Å². The van der Waals surface area contributed by atoms with E-state index in [1.54, 1.807) is 6.20 Å². The smallest absolute Gasteiger partial charge is 0.232 e. The van der Waals surface area contributed by atoms with Crippen LogP contribution in [0, 0.1) is 0 Å². The first-order valence-corrected chi connectivity index (χ1v) is 8.42. The first-order valence-electron chi connectivity index (χ1n) is 5.94. The van der Waals surface area contributed by atoms with E-state index in [1.807, 2.05) is 30.3 Å². The summed E-state index contributed by atoms with van der Waals surface area (Å²) in [6.07, 6.45) is 2.80. The van der Waals surface area contributed by atoms with Crippen LogP contribution in [0.3, 0.4) is 0 Å². The molecule has 0 aliphatic heterocycles. The van der Waals surface area contributed by atoms with Gasteiger partial charge >= 0.3 is 0 Å². The topological polar surface area (TPSA) is 56.3 Å². The molecule has 0 spiro atoms. The summed E-state index contributed by atoms with van der Waals surface area (Å²) in [6.45, 7) is 0.451. The number of aromatic nitrogens is 1. The molecule has 0 saturated heterocycles. The van der Waals surface area contributed by atoms with Crippen molar-refractivity contribution in [1.82, 2.24) is 4.98 Å². The van der Waals surface area contributed by atoms with Gasteiger partial charge in [-0.15, -0.1) is 0 Å². The number of benzene rings is 1. The van der Waals surface area contributed by atoms with Crippen molar-refractivity contribution in [2.75, 3.05) is 12.4 Å². The van der Waals surface area contributed by atoms with Crippen LogP contribution in [-0.4, -0.2) is 25.8 Å². The molecule has 0 unspecified atom stereocenters. The SMILES string of the molecule is O=S(=O)(Cl)CCCCOc1cnc2ccccc2c1. The fourth-order valence-electron chi connectivity index (χ4n) is 1.70. The molecule has 1 aromatic carbocycles. The molecule has 0 N–H and O–H groups in total. The molecule has 19 heavy (non-hydrogen) atoms. The van der Waals surface area contributed by atoms with Crippen LogP contribution in [0.15, 0.2) is 36.5 Å². The summed E-state index contributed by atoms with van der Waals surface area (Å²) in [5.41, 5.74) is 0.920. The summed E-state index contributed by atoms with van der Waals surface area (Å²) in [7, 11) is 1.72. The molecule has 0 amide bonds. The van der Waals surface area contributed by atoms with Crippen LogP contribution in [0.4, 0.5) is 0 Å². The summed E-state index contributed by atoms with van der Waals surface area (Å²) in [5.74, 6) is 0.667. The van der Waals surface area contributed by atoms with E-state index in [2.05, 4.69) is 4.98 Å². The van der Waals surface area contributed by atoms with Crippen molar-refractivity contribution in [2.45, 2.75) is 12.8 Å². The fourth-order valence-corrected chi connectivity index (χ4v) is 2.57. The molecule has 2 rings (SSSR count). The van der Waals surface area contributed by atoms with Gasteiger partial charge in [-0.25, -0.2) is 8.42 Å². The fraction of sp³-hybridized carbons (Fsp3) is 0.308. The Morgan fingerprint density at radius 1 is 1.21 bits per heavy atom. The molecule has 0 aliphatic rings. The first-order chi connectivity index (χ1) is 9.04. The van der Waals surface area contributed by atoms with E-state index >= 15 is 0 Å². The van der Waals surface area contributed by atoms with Gasteiger partial charge in [0.05, 0.1) is 24.1 Å². The van der Waals surface area contributed by atoms with E-state index in [-0.39, 0.29) is 5.75 Å². The van der Waals surface area contributed by atoms with Crippen LogP contribution in [0.1, 0.15) is 12.8 Å². The van der Waals surface area contributed by atoms with E-state index in [9.17, 15) is 8.42 Å². The van der Waals surface area contributed by atoms with Gasteiger partial charge < -0.3 is 4.74 Å². The molecule has 6 heteroatoms. The van der Waals surface area contributed by atoms with E-state index < -0.39 is 9.05 Å². The molecule has 2 aromatic rings. The van der Waals surface area contributed by atoms with Crippen LogP contribution < -0.4 is 4.74 Å². The maximum atomic E-state index is 10.7. The van der Waals surface area contributed by atoms with Gasteiger partial charge in [-0.2, -0.15) is 0 Å². The number of halogens is 1. The second kappa shape index (κ2) is 6.21. The van der Waals surface area contributed by atoms with E-state index in [1.165, 1.54) is 0 Å². The van der Waals surface area contributed by atoms with Gasteiger partial charge in [0.25, 0.3) is 0 Å². The summed E-state index contributed by atoms with van der Waals surface area (Å²) in [6, 6.07) is 9.70. The molecule has 0 fully saturated rings. The van der Waals surface area contributed by atoms with E-state index in [0.29, 0.717) is 25.2 Å². The zero-order chi connectivity index (χ0) is 13.7. The highest BCUT2D eigenvalue weighted by Crippen LogP contribution is 2.18. The van der Waals surface area contributed by atoms with Gasteiger partial charge in [-0.3, -0.25) is 4.98 Å². The third kappa shape index (κ3) is 4.69. The summed E-state index contributed by atoms with van der Waals surface area (Å²) >= 11 is 0. The maximum Gasteiger partial charge on any atom is 0.232 e. The number of hydrogen-bond acceptors (Lipinski definition) is 4. The lowest BCUT2D eigenvalue weighted by molar-refractivity contribution is 0.309. The van der Waals surface area contributed by atoms with Crippen LogP contribution in [0.25, 0.3) is 10.9 Å². The Bertz CT molecular complexity index is 658. The minimum Gasteiger partial charge on any atom is -0.492 e. The minimum atomic E-state index is -3.39. The van der Waals surface area contributed by atoms with Crippen LogP contribution >= 0.6 is 10.7 Å². The van der Waals surface area contributed by atoms with Gasteiger partial charge in [0.15, 0.2) is 0 Å². The number of rotatable bonds is 6. The van der Waals surface area contributed by atoms with Gasteiger partial charge in [0.1, 0.15) is 5.75 Å². The number of para-hydroxylation sites is 1. The van der Waals surface area contributed by atoms with Crippen LogP contribution in [0.2, 0.25) is 0 Å². The summed E-state index contributed by atoms with van der Waals surface area (Å²) in [4.78, 5) is 4.28. The zero-order valence-electron chi connectivity index (χ0n) is 10.3. The average molecular weight is 300 g/mol. The lowest BCUT2D eigenvalue weighted by Crippen LogP contribution is -2.02. The monoisotopic (exact) mass is 299 g/mol. The molecule has 102 valence electrons. The first kappa shape index (κ1) is 14.1. The lowest BCUT2D eigenvalue weighted by Gasteiger charge is -2.06. The van der Waals surface area contributed by atoms with E-state index in [4.69, 9.17) is 15.4 Å². The molecule has 4 nitrogen and oxygen atoms in total. The highest BCUT2D eigenvalue weighted by Gasteiger charge is 2.04. The highest BCUT2D eigenvalue weighted by atomic mass is 35.7. The van der Waals surface area contributed by atoms with Crippen molar-refractivity contribution in [3.63, 3.8) is 0 Å². The van der Waals surface area contributed by atoms with Crippen LogP contribution in [-0.2, 0) is 9.05 Å².